The number of amides is 1. The summed E-state index contributed by atoms with van der Waals surface area (Å²) in [6.07, 6.45) is 3.98. The lowest BCUT2D eigenvalue weighted by Crippen LogP contribution is -2.60. The molecular formula is C16H20N2O. The SMILES string of the molecule is O=C1CCC2C3Cc4ccccc4C2(CCN3)CN1. The summed E-state index contributed by atoms with van der Waals surface area (Å²) in [6.45, 7) is 1.90. The van der Waals surface area contributed by atoms with Crippen LogP contribution in [0.15, 0.2) is 24.3 Å². The second kappa shape index (κ2) is 4.07. The molecule has 1 aliphatic carbocycles. The van der Waals surface area contributed by atoms with Crippen molar-refractivity contribution < 1.29 is 4.79 Å². The van der Waals surface area contributed by atoms with E-state index in [1.165, 1.54) is 11.1 Å². The standard InChI is InChI=1S/C16H20N2O/c19-15-6-5-13-14-9-11-3-1-2-4-12(11)16(13,10-18-15)7-8-17-14/h1-4,13-14,17H,5-10H2,(H,18,19). The van der Waals surface area contributed by atoms with Crippen molar-refractivity contribution in [1.29, 1.82) is 0 Å². The van der Waals surface area contributed by atoms with Gasteiger partial charge in [-0.15, -0.1) is 0 Å². The van der Waals surface area contributed by atoms with Crippen LogP contribution in [0.25, 0.3) is 0 Å². The van der Waals surface area contributed by atoms with Crippen LogP contribution in [0, 0.1) is 5.92 Å². The Morgan fingerprint density at radius 2 is 2.16 bits per heavy atom. The molecule has 2 saturated heterocycles. The van der Waals surface area contributed by atoms with Gasteiger partial charge in [-0.25, -0.2) is 0 Å². The van der Waals surface area contributed by atoms with Gasteiger partial charge in [0.15, 0.2) is 0 Å². The molecule has 100 valence electrons. The Bertz CT molecular complexity index is 527. The number of carbonyl (C=O) groups is 1. The van der Waals surface area contributed by atoms with Crippen LogP contribution >= 0.6 is 0 Å². The third-order valence-corrected chi connectivity index (χ3v) is 5.45. The van der Waals surface area contributed by atoms with Gasteiger partial charge in [-0.05, 0) is 42.9 Å². The maximum absolute atomic E-state index is 11.8. The number of nitrogens with one attached hydrogen (secondary N) is 2. The highest BCUT2D eigenvalue weighted by Crippen LogP contribution is 2.48. The zero-order valence-electron chi connectivity index (χ0n) is 11.1. The number of rotatable bonds is 0. The number of hydrogen-bond acceptors (Lipinski definition) is 2. The second-order valence-electron chi connectivity index (χ2n) is 6.25. The summed E-state index contributed by atoms with van der Waals surface area (Å²) in [5, 5.41) is 6.85. The van der Waals surface area contributed by atoms with Crippen molar-refractivity contribution >= 4 is 5.91 Å². The molecule has 3 atom stereocenters. The van der Waals surface area contributed by atoms with Crippen molar-refractivity contribution in [1.82, 2.24) is 10.6 Å². The highest BCUT2D eigenvalue weighted by molar-refractivity contribution is 5.76. The normalized spacial score (nSPS) is 36.7. The number of benzene rings is 1. The van der Waals surface area contributed by atoms with E-state index in [2.05, 4.69) is 34.9 Å². The summed E-state index contributed by atoms with van der Waals surface area (Å²) in [4.78, 5) is 11.8. The fraction of sp³-hybridized carbons (Fsp3) is 0.562. The topological polar surface area (TPSA) is 41.1 Å². The van der Waals surface area contributed by atoms with E-state index < -0.39 is 0 Å². The zero-order chi connectivity index (χ0) is 12.9. The predicted molar refractivity (Wildman–Crippen MR) is 74.0 cm³/mol. The average molecular weight is 256 g/mol. The molecule has 3 nitrogen and oxygen atoms in total. The first-order chi connectivity index (χ1) is 9.29. The van der Waals surface area contributed by atoms with Gasteiger partial charge in [-0.3, -0.25) is 4.79 Å². The third-order valence-electron chi connectivity index (χ3n) is 5.45. The molecule has 2 heterocycles. The summed E-state index contributed by atoms with van der Waals surface area (Å²) >= 11 is 0. The smallest absolute Gasteiger partial charge is 0.220 e. The van der Waals surface area contributed by atoms with Gasteiger partial charge in [-0.1, -0.05) is 24.3 Å². The van der Waals surface area contributed by atoms with Crippen molar-refractivity contribution in [3.05, 3.63) is 35.4 Å². The molecular weight excluding hydrogens is 236 g/mol. The predicted octanol–water partition coefficient (Wildman–Crippen LogP) is 1.37. The second-order valence-corrected chi connectivity index (χ2v) is 6.25. The van der Waals surface area contributed by atoms with Crippen LogP contribution in [0.2, 0.25) is 0 Å². The molecule has 1 aromatic carbocycles. The largest absolute Gasteiger partial charge is 0.355 e. The first-order valence-electron chi connectivity index (χ1n) is 7.38. The monoisotopic (exact) mass is 256 g/mol. The molecule has 19 heavy (non-hydrogen) atoms. The average Bonchev–Trinajstić information content (AvgIpc) is 2.60. The lowest BCUT2D eigenvalue weighted by molar-refractivity contribution is -0.120. The lowest BCUT2D eigenvalue weighted by atomic mass is 9.57. The minimum atomic E-state index is 0.177. The fourth-order valence-corrected chi connectivity index (χ4v) is 4.59. The fourth-order valence-electron chi connectivity index (χ4n) is 4.59. The van der Waals surface area contributed by atoms with E-state index in [9.17, 15) is 4.79 Å². The van der Waals surface area contributed by atoms with Crippen LogP contribution in [0.4, 0.5) is 0 Å². The molecule has 0 spiro atoms. The molecule has 3 heteroatoms. The minimum absolute atomic E-state index is 0.177. The molecule has 2 bridgehead atoms. The molecule has 4 rings (SSSR count). The van der Waals surface area contributed by atoms with Crippen molar-refractivity contribution in [3.63, 3.8) is 0 Å². The molecule has 2 N–H and O–H groups in total. The highest BCUT2D eigenvalue weighted by atomic mass is 16.1. The van der Waals surface area contributed by atoms with E-state index in [1.807, 2.05) is 0 Å². The van der Waals surface area contributed by atoms with Crippen LogP contribution < -0.4 is 10.6 Å². The van der Waals surface area contributed by atoms with Crippen molar-refractivity contribution in [3.8, 4) is 0 Å². The number of piperidine rings is 1. The Morgan fingerprint density at radius 3 is 3.11 bits per heavy atom. The number of carbonyl (C=O) groups excluding carboxylic acids is 1. The van der Waals surface area contributed by atoms with Gasteiger partial charge in [0.2, 0.25) is 5.91 Å². The minimum Gasteiger partial charge on any atom is -0.355 e. The van der Waals surface area contributed by atoms with Crippen molar-refractivity contribution in [2.75, 3.05) is 13.1 Å². The van der Waals surface area contributed by atoms with E-state index in [1.54, 1.807) is 0 Å². The Morgan fingerprint density at radius 1 is 1.26 bits per heavy atom. The van der Waals surface area contributed by atoms with Gasteiger partial charge < -0.3 is 10.6 Å². The van der Waals surface area contributed by atoms with Gasteiger partial charge in [0.05, 0.1) is 0 Å². The molecule has 1 amide bonds. The molecule has 0 radical (unpaired) electrons. The highest BCUT2D eigenvalue weighted by Gasteiger charge is 2.51. The van der Waals surface area contributed by atoms with E-state index in [0.717, 1.165) is 32.4 Å². The Balaban J connectivity index is 1.88. The number of fused-ring (bicyclic) bond motifs is 1. The van der Waals surface area contributed by atoms with E-state index in [4.69, 9.17) is 0 Å². The van der Waals surface area contributed by atoms with E-state index in [0.29, 0.717) is 18.4 Å². The van der Waals surface area contributed by atoms with Crippen LogP contribution in [0.5, 0.6) is 0 Å². The van der Waals surface area contributed by atoms with Crippen LogP contribution in [0.3, 0.4) is 0 Å². The van der Waals surface area contributed by atoms with Gasteiger partial charge in [0.25, 0.3) is 0 Å². The summed E-state index contributed by atoms with van der Waals surface area (Å²) in [5.41, 5.74) is 3.16. The summed E-state index contributed by atoms with van der Waals surface area (Å²) in [5.74, 6) is 0.835. The van der Waals surface area contributed by atoms with Crippen LogP contribution in [-0.4, -0.2) is 25.0 Å². The van der Waals surface area contributed by atoms with Crippen molar-refractivity contribution in [2.24, 2.45) is 5.92 Å². The van der Waals surface area contributed by atoms with Gasteiger partial charge in [0.1, 0.15) is 0 Å². The Kier molecular flexibility index (Phi) is 2.46. The maximum Gasteiger partial charge on any atom is 0.220 e. The van der Waals surface area contributed by atoms with Crippen molar-refractivity contribution in [2.45, 2.75) is 37.1 Å². The molecule has 2 fully saturated rings. The zero-order valence-corrected chi connectivity index (χ0v) is 11.1. The summed E-state index contributed by atoms with van der Waals surface area (Å²) < 4.78 is 0. The van der Waals surface area contributed by atoms with Gasteiger partial charge >= 0.3 is 0 Å². The summed E-state index contributed by atoms with van der Waals surface area (Å²) in [7, 11) is 0. The van der Waals surface area contributed by atoms with E-state index in [-0.39, 0.29) is 11.3 Å². The third kappa shape index (κ3) is 1.57. The molecule has 3 aliphatic rings. The van der Waals surface area contributed by atoms with Gasteiger partial charge in [-0.2, -0.15) is 0 Å². The summed E-state index contributed by atoms with van der Waals surface area (Å²) in [6, 6.07) is 9.40. The molecule has 2 aliphatic heterocycles. The van der Waals surface area contributed by atoms with Crippen LogP contribution in [-0.2, 0) is 16.6 Å². The Hall–Kier alpha value is -1.35. The molecule has 3 unspecified atom stereocenters. The van der Waals surface area contributed by atoms with Gasteiger partial charge in [0, 0.05) is 24.4 Å². The molecule has 1 aromatic rings. The molecule has 0 aromatic heterocycles. The molecule has 0 saturated carbocycles. The quantitative estimate of drug-likeness (QED) is 0.736. The lowest BCUT2D eigenvalue weighted by Gasteiger charge is -2.52. The first kappa shape index (κ1) is 11.5. The maximum atomic E-state index is 11.8. The Labute approximate surface area is 113 Å². The number of hydrogen-bond donors (Lipinski definition) is 2. The first-order valence-corrected chi connectivity index (χ1v) is 7.38. The van der Waals surface area contributed by atoms with Crippen LogP contribution in [0.1, 0.15) is 30.4 Å². The van der Waals surface area contributed by atoms with E-state index >= 15 is 0 Å².